The Labute approximate surface area is 136 Å². The molecule has 1 amide bonds. The summed E-state index contributed by atoms with van der Waals surface area (Å²) < 4.78 is 11.5. The van der Waals surface area contributed by atoms with Crippen LogP contribution in [0.2, 0.25) is 0 Å². The van der Waals surface area contributed by atoms with Crippen molar-refractivity contribution in [2.45, 2.75) is 39.2 Å². The van der Waals surface area contributed by atoms with Crippen molar-refractivity contribution in [2.24, 2.45) is 0 Å². The lowest BCUT2D eigenvalue weighted by atomic mass is 10.1. The van der Waals surface area contributed by atoms with E-state index in [0.717, 1.165) is 12.7 Å². The maximum Gasteiger partial charge on any atom is 0.268 e. The lowest BCUT2D eigenvalue weighted by Crippen LogP contribution is -2.46. The van der Waals surface area contributed by atoms with Crippen molar-refractivity contribution < 1.29 is 24.2 Å². The highest BCUT2D eigenvalue weighted by molar-refractivity contribution is 6.01. The third-order valence-corrected chi connectivity index (χ3v) is 3.66. The molecule has 6 nitrogen and oxygen atoms in total. The molecule has 1 aliphatic rings. The van der Waals surface area contributed by atoms with Crippen LogP contribution in [0.1, 0.15) is 43.5 Å². The molecule has 126 valence electrons. The molecule has 1 unspecified atom stereocenters. The van der Waals surface area contributed by atoms with Gasteiger partial charge in [0.15, 0.2) is 17.6 Å². The molecule has 1 aromatic carbocycles. The van der Waals surface area contributed by atoms with Crippen molar-refractivity contribution in [1.82, 2.24) is 0 Å². The molecule has 1 atom stereocenters. The predicted octanol–water partition coefficient (Wildman–Crippen LogP) is 2.17. The molecule has 0 aliphatic carbocycles. The van der Waals surface area contributed by atoms with Crippen molar-refractivity contribution in [3.8, 4) is 11.5 Å². The summed E-state index contributed by atoms with van der Waals surface area (Å²) in [7, 11) is 0. The zero-order valence-corrected chi connectivity index (χ0v) is 13.6. The van der Waals surface area contributed by atoms with E-state index in [1.165, 1.54) is 0 Å². The van der Waals surface area contributed by atoms with Gasteiger partial charge in [-0.25, -0.2) is 0 Å². The third kappa shape index (κ3) is 3.64. The van der Waals surface area contributed by atoms with Gasteiger partial charge in [-0.15, -0.1) is 0 Å². The molecule has 0 bridgehead atoms. The van der Waals surface area contributed by atoms with E-state index in [0.29, 0.717) is 48.7 Å². The standard InChI is InChI=1S/C17H23NO5/c1-3-8-22-15-10-12(11-20)9-13-16(15)23-14(4-2)17(21)18(13)6-5-7-19/h9-11,14,19H,3-8H2,1-2H3. The first kappa shape index (κ1) is 17.3. The van der Waals surface area contributed by atoms with E-state index in [4.69, 9.17) is 14.6 Å². The van der Waals surface area contributed by atoms with Gasteiger partial charge in [0.05, 0.1) is 12.3 Å². The first-order valence-corrected chi connectivity index (χ1v) is 8.01. The molecular weight excluding hydrogens is 298 g/mol. The van der Waals surface area contributed by atoms with Crippen LogP contribution in [0.15, 0.2) is 12.1 Å². The summed E-state index contributed by atoms with van der Waals surface area (Å²) in [5.74, 6) is 0.817. The number of nitrogens with zero attached hydrogens (tertiary/aromatic N) is 1. The quantitative estimate of drug-likeness (QED) is 0.743. The summed E-state index contributed by atoms with van der Waals surface area (Å²) >= 11 is 0. The topological polar surface area (TPSA) is 76.1 Å². The maximum absolute atomic E-state index is 12.5. The van der Waals surface area contributed by atoms with Gasteiger partial charge >= 0.3 is 0 Å². The number of aliphatic hydroxyl groups excluding tert-OH is 1. The average molecular weight is 321 g/mol. The fourth-order valence-corrected chi connectivity index (χ4v) is 2.52. The number of carbonyl (C=O) groups excluding carboxylic acids is 2. The molecule has 23 heavy (non-hydrogen) atoms. The minimum absolute atomic E-state index is 0.0106. The summed E-state index contributed by atoms with van der Waals surface area (Å²) in [6.07, 6.45) is 1.96. The number of hydrogen-bond donors (Lipinski definition) is 1. The number of anilines is 1. The van der Waals surface area contributed by atoms with Crippen molar-refractivity contribution in [3.63, 3.8) is 0 Å². The van der Waals surface area contributed by atoms with E-state index in [1.54, 1.807) is 17.0 Å². The van der Waals surface area contributed by atoms with Gasteiger partial charge in [-0.3, -0.25) is 9.59 Å². The third-order valence-electron chi connectivity index (χ3n) is 3.66. The minimum Gasteiger partial charge on any atom is -0.490 e. The average Bonchev–Trinajstić information content (AvgIpc) is 2.58. The number of aldehydes is 1. The van der Waals surface area contributed by atoms with E-state index in [-0.39, 0.29) is 12.5 Å². The number of hydrogen-bond acceptors (Lipinski definition) is 5. The highest BCUT2D eigenvalue weighted by Crippen LogP contribution is 2.43. The number of rotatable bonds is 8. The van der Waals surface area contributed by atoms with Crippen LogP contribution in [0, 0.1) is 0 Å². The number of carbonyl (C=O) groups is 2. The van der Waals surface area contributed by atoms with Crippen LogP contribution in [0.25, 0.3) is 0 Å². The molecule has 0 aromatic heterocycles. The molecule has 1 aromatic rings. The highest BCUT2D eigenvalue weighted by atomic mass is 16.5. The van der Waals surface area contributed by atoms with Gasteiger partial charge in [0.25, 0.3) is 5.91 Å². The Hall–Kier alpha value is -2.08. The zero-order chi connectivity index (χ0) is 16.8. The number of aliphatic hydroxyl groups is 1. The van der Waals surface area contributed by atoms with E-state index in [1.807, 2.05) is 13.8 Å². The molecule has 0 saturated heterocycles. The monoisotopic (exact) mass is 321 g/mol. The molecule has 6 heteroatoms. The van der Waals surface area contributed by atoms with E-state index >= 15 is 0 Å². The lowest BCUT2D eigenvalue weighted by molar-refractivity contribution is -0.126. The van der Waals surface area contributed by atoms with Crippen molar-refractivity contribution in [2.75, 3.05) is 24.7 Å². The Bertz CT molecular complexity index is 572. The number of amides is 1. The normalized spacial score (nSPS) is 16.7. The molecule has 1 heterocycles. The summed E-state index contributed by atoms with van der Waals surface area (Å²) in [6, 6.07) is 3.26. The van der Waals surface area contributed by atoms with Gasteiger partial charge in [0.2, 0.25) is 0 Å². The second-order valence-electron chi connectivity index (χ2n) is 5.42. The molecule has 0 radical (unpaired) electrons. The Morgan fingerprint density at radius 3 is 2.78 bits per heavy atom. The number of benzene rings is 1. The van der Waals surface area contributed by atoms with Crippen LogP contribution in [-0.2, 0) is 4.79 Å². The number of fused-ring (bicyclic) bond motifs is 1. The molecule has 0 spiro atoms. The predicted molar refractivity (Wildman–Crippen MR) is 86.4 cm³/mol. The Kier molecular flexibility index (Phi) is 5.98. The van der Waals surface area contributed by atoms with E-state index in [2.05, 4.69) is 0 Å². The fraction of sp³-hybridized carbons (Fsp3) is 0.529. The zero-order valence-electron chi connectivity index (χ0n) is 13.6. The largest absolute Gasteiger partial charge is 0.490 e. The van der Waals surface area contributed by atoms with Gasteiger partial charge in [0, 0.05) is 18.7 Å². The summed E-state index contributed by atoms with van der Waals surface area (Å²) in [6.45, 7) is 4.73. The highest BCUT2D eigenvalue weighted by Gasteiger charge is 2.35. The summed E-state index contributed by atoms with van der Waals surface area (Å²) in [5.41, 5.74) is 0.957. The maximum atomic E-state index is 12.5. The second kappa shape index (κ2) is 7.97. The first-order valence-electron chi connectivity index (χ1n) is 8.01. The smallest absolute Gasteiger partial charge is 0.268 e. The first-order chi connectivity index (χ1) is 11.2. The SMILES string of the molecule is CCCOc1cc(C=O)cc2c1OC(CC)C(=O)N2CCCO. The van der Waals surface area contributed by atoms with E-state index in [9.17, 15) is 9.59 Å². The van der Waals surface area contributed by atoms with Crippen LogP contribution in [0.4, 0.5) is 5.69 Å². The Morgan fingerprint density at radius 1 is 1.39 bits per heavy atom. The van der Waals surface area contributed by atoms with Gasteiger partial charge in [-0.1, -0.05) is 13.8 Å². The molecule has 1 N–H and O–H groups in total. The Morgan fingerprint density at radius 2 is 2.17 bits per heavy atom. The van der Waals surface area contributed by atoms with Crippen LogP contribution in [-0.4, -0.2) is 43.2 Å². The molecule has 0 saturated carbocycles. The summed E-state index contributed by atoms with van der Waals surface area (Å²) in [5, 5.41) is 9.08. The number of ether oxygens (including phenoxy) is 2. The molecular formula is C17H23NO5. The lowest BCUT2D eigenvalue weighted by Gasteiger charge is -2.35. The summed E-state index contributed by atoms with van der Waals surface area (Å²) in [4.78, 5) is 25.3. The van der Waals surface area contributed by atoms with Crippen LogP contribution in [0.5, 0.6) is 11.5 Å². The van der Waals surface area contributed by atoms with Gasteiger partial charge < -0.3 is 19.5 Å². The molecule has 2 rings (SSSR count). The van der Waals surface area contributed by atoms with Crippen LogP contribution >= 0.6 is 0 Å². The van der Waals surface area contributed by atoms with Gasteiger partial charge in [-0.05, 0) is 31.4 Å². The van der Waals surface area contributed by atoms with Crippen molar-refractivity contribution in [3.05, 3.63) is 17.7 Å². The van der Waals surface area contributed by atoms with Gasteiger partial charge in [0.1, 0.15) is 6.29 Å². The molecule has 1 aliphatic heterocycles. The van der Waals surface area contributed by atoms with Crippen molar-refractivity contribution >= 4 is 17.9 Å². The van der Waals surface area contributed by atoms with Crippen molar-refractivity contribution in [1.29, 1.82) is 0 Å². The minimum atomic E-state index is -0.577. The Balaban J connectivity index is 2.49. The fourth-order valence-electron chi connectivity index (χ4n) is 2.52. The van der Waals surface area contributed by atoms with Crippen LogP contribution in [0.3, 0.4) is 0 Å². The molecule has 0 fully saturated rings. The van der Waals surface area contributed by atoms with Crippen LogP contribution < -0.4 is 14.4 Å². The van der Waals surface area contributed by atoms with E-state index < -0.39 is 6.10 Å². The second-order valence-corrected chi connectivity index (χ2v) is 5.42. The van der Waals surface area contributed by atoms with Gasteiger partial charge in [-0.2, -0.15) is 0 Å².